The Balaban J connectivity index is 1.37. The largest absolute Gasteiger partial charge is 0.494 e. The van der Waals surface area contributed by atoms with Crippen LogP contribution in [0.5, 0.6) is 5.88 Å². The summed E-state index contributed by atoms with van der Waals surface area (Å²) in [6.07, 6.45) is 4.30. The Morgan fingerprint density at radius 3 is 2.79 bits per heavy atom. The van der Waals surface area contributed by atoms with Crippen LogP contribution < -0.4 is 5.32 Å². The zero-order chi connectivity index (χ0) is 19.5. The molecule has 4 aromatic rings. The third-order valence-corrected chi connectivity index (χ3v) is 4.95. The Bertz CT molecular complexity index is 1170. The molecule has 3 N–H and O–H groups in total. The molecule has 2 aromatic heterocycles. The number of benzene rings is 2. The number of halogens is 2. The average molecular weight is 413 g/mol. The van der Waals surface area contributed by atoms with Crippen LogP contribution >= 0.6 is 23.2 Å². The van der Waals surface area contributed by atoms with Crippen LogP contribution in [0, 0.1) is 0 Å². The Labute approximate surface area is 172 Å². The summed E-state index contributed by atoms with van der Waals surface area (Å²) in [7, 11) is 0. The summed E-state index contributed by atoms with van der Waals surface area (Å²) in [5.74, 6) is 0.0982. The fraction of sp³-hybridized carbons (Fsp3) is 0.143. The summed E-state index contributed by atoms with van der Waals surface area (Å²) in [5.41, 5.74) is 3.37. The molecule has 142 valence electrons. The van der Waals surface area contributed by atoms with E-state index in [-0.39, 0.29) is 5.88 Å². The molecular formula is C21H18Cl2N4O. The first-order valence-corrected chi connectivity index (χ1v) is 9.65. The molecule has 0 saturated carbocycles. The molecule has 0 bridgehead atoms. The van der Waals surface area contributed by atoms with E-state index in [4.69, 9.17) is 23.2 Å². The number of fused-ring (bicyclic) bond motifs is 2. The van der Waals surface area contributed by atoms with Crippen molar-refractivity contribution in [2.24, 2.45) is 4.99 Å². The number of hydrogen-bond donors (Lipinski definition) is 3. The molecule has 0 amide bonds. The van der Waals surface area contributed by atoms with E-state index in [2.05, 4.69) is 20.3 Å². The summed E-state index contributed by atoms with van der Waals surface area (Å²) in [4.78, 5) is 11.7. The molecule has 0 atom stereocenters. The molecule has 0 fully saturated rings. The number of H-pyrrole nitrogens is 1. The number of hydrogen-bond acceptors (Lipinski definition) is 4. The Morgan fingerprint density at radius 1 is 1.07 bits per heavy atom. The van der Waals surface area contributed by atoms with E-state index in [0.29, 0.717) is 22.2 Å². The number of aromatic hydroxyl groups is 1. The predicted molar refractivity (Wildman–Crippen MR) is 117 cm³/mol. The van der Waals surface area contributed by atoms with Gasteiger partial charge in [0.25, 0.3) is 0 Å². The fourth-order valence-electron chi connectivity index (χ4n) is 3.13. The van der Waals surface area contributed by atoms with Crippen molar-refractivity contribution in [3.05, 3.63) is 64.3 Å². The van der Waals surface area contributed by atoms with Crippen LogP contribution in [-0.4, -0.2) is 34.4 Å². The monoisotopic (exact) mass is 412 g/mol. The number of pyridine rings is 1. The van der Waals surface area contributed by atoms with Crippen LogP contribution in [0.3, 0.4) is 0 Å². The van der Waals surface area contributed by atoms with Crippen LogP contribution in [0.4, 0.5) is 5.69 Å². The van der Waals surface area contributed by atoms with Gasteiger partial charge in [0.2, 0.25) is 0 Å². The van der Waals surface area contributed by atoms with E-state index in [1.807, 2.05) is 36.4 Å². The molecule has 0 unspecified atom stereocenters. The first kappa shape index (κ1) is 18.6. The minimum atomic E-state index is 0.0982. The fourth-order valence-corrected chi connectivity index (χ4v) is 3.46. The Hall–Kier alpha value is -2.76. The average Bonchev–Trinajstić information content (AvgIpc) is 2.99. The van der Waals surface area contributed by atoms with Gasteiger partial charge in [-0.05, 0) is 48.9 Å². The first-order chi connectivity index (χ1) is 13.6. The number of nitrogens with zero attached hydrogens (tertiary/aromatic N) is 2. The highest BCUT2D eigenvalue weighted by Gasteiger charge is 2.09. The van der Waals surface area contributed by atoms with Crippen molar-refractivity contribution < 1.29 is 5.11 Å². The summed E-state index contributed by atoms with van der Waals surface area (Å²) < 4.78 is 0. The number of aromatic amines is 1. The van der Waals surface area contributed by atoms with Crippen molar-refractivity contribution in [2.75, 3.05) is 18.4 Å². The Kier molecular flexibility index (Phi) is 5.37. The van der Waals surface area contributed by atoms with Crippen molar-refractivity contribution >= 4 is 56.9 Å². The van der Waals surface area contributed by atoms with E-state index in [1.54, 1.807) is 18.5 Å². The van der Waals surface area contributed by atoms with Crippen LogP contribution in [-0.2, 0) is 0 Å². The first-order valence-electron chi connectivity index (χ1n) is 8.90. The Morgan fingerprint density at radius 2 is 1.89 bits per heavy atom. The molecule has 2 heterocycles. The van der Waals surface area contributed by atoms with Gasteiger partial charge in [0.05, 0.1) is 11.1 Å². The van der Waals surface area contributed by atoms with Gasteiger partial charge in [-0.25, -0.2) is 0 Å². The van der Waals surface area contributed by atoms with Gasteiger partial charge >= 0.3 is 0 Å². The summed E-state index contributed by atoms with van der Waals surface area (Å²) in [6, 6.07) is 13.1. The second-order valence-corrected chi connectivity index (χ2v) is 7.29. The standard InChI is InChI=1S/C21H18Cl2N4O/c22-13-3-5-19-16(10-13)17(21(28)27-19)12-24-7-1-8-25-18-6-9-26-20-11-14(23)2-4-15(18)20/h2-6,9-12,27-28H,1,7-8H2,(H,25,26). The van der Waals surface area contributed by atoms with Crippen LogP contribution in [0.1, 0.15) is 12.0 Å². The molecule has 0 aliphatic heterocycles. The highest BCUT2D eigenvalue weighted by atomic mass is 35.5. The van der Waals surface area contributed by atoms with Crippen molar-refractivity contribution in [3.8, 4) is 5.88 Å². The molecule has 28 heavy (non-hydrogen) atoms. The summed E-state index contributed by atoms with van der Waals surface area (Å²) >= 11 is 12.1. The quantitative estimate of drug-likeness (QED) is 0.283. The lowest BCUT2D eigenvalue weighted by Crippen LogP contribution is -2.03. The molecule has 7 heteroatoms. The second kappa shape index (κ2) is 8.09. The van der Waals surface area contributed by atoms with E-state index >= 15 is 0 Å². The minimum absolute atomic E-state index is 0.0982. The van der Waals surface area contributed by atoms with Gasteiger partial charge in [-0.2, -0.15) is 0 Å². The van der Waals surface area contributed by atoms with Gasteiger partial charge in [0.1, 0.15) is 0 Å². The molecule has 0 saturated heterocycles. The number of anilines is 1. The number of aliphatic imine (C=N–C) groups is 1. The zero-order valence-electron chi connectivity index (χ0n) is 14.9. The third kappa shape index (κ3) is 3.91. The maximum atomic E-state index is 10.1. The maximum absolute atomic E-state index is 10.1. The number of rotatable bonds is 6. The van der Waals surface area contributed by atoms with Crippen molar-refractivity contribution in [2.45, 2.75) is 6.42 Å². The smallest absolute Gasteiger partial charge is 0.198 e. The third-order valence-electron chi connectivity index (χ3n) is 4.48. The van der Waals surface area contributed by atoms with Crippen LogP contribution in [0.15, 0.2) is 53.7 Å². The van der Waals surface area contributed by atoms with Gasteiger partial charge in [-0.15, -0.1) is 0 Å². The highest BCUT2D eigenvalue weighted by Crippen LogP contribution is 2.28. The van der Waals surface area contributed by atoms with Crippen molar-refractivity contribution in [1.29, 1.82) is 0 Å². The molecule has 0 aliphatic rings. The lowest BCUT2D eigenvalue weighted by Gasteiger charge is -2.08. The van der Waals surface area contributed by atoms with Crippen molar-refractivity contribution in [1.82, 2.24) is 9.97 Å². The molecule has 2 aromatic carbocycles. The second-order valence-electron chi connectivity index (χ2n) is 6.41. The molecule has 5 nitrogen and oxygen atoms in total. The summed E-state index contributed by atoms with van der Waals surface area (Å²) in [5, 5.41) is 16.7. The van der Waals surface area contributed by atoms with Gasteiger partial charge in [-0.1, -0.05) is 23.2 Å². The van der Waals surface area contributed by atoms with Gasteiger partial charge in [0, 0.05) is 57.5 Å². The van der Waals surface area contributed by atoms with E-state index < -0.39 is 0 Å². The lowest BCUT2D eigenvalue weighted by molar-refractivity contribution is 0.457. The normalized spacial score (nSPS) is 11.6. The lowest BCUT2D eigenvalue weighted by atomic mass is 10.2. The van der Waals surface area contributed by atoms with E-state index in [0.717, 1.165) is 40.5 Å². The van der Waals surface area contributed by atoms with E-state index in [1.165, 1.54) is 0 Å². The number of aromatic nitrogens is 2. The topological polar surface area (TPSA) is 73.3 Å². The molecule has 4 rings (SSSR count). The van der Waals surface area contributed by atoms with Gasteiger partial charge in [0.15, 0.2) is 5.88 Å². The zero-order valence-corrected chi connectivity index (χ0v) is 16.4. The molecule has 0 radical (unpaired) electrons. The highest BCUT2D eigenvalue weighted by molar-refractivity contribution is 6.31. The van der Waals surface area contributed by atoms with Gasteiger partial charge < -0.3 is 15.4 Å². The van der Waals surface area contributed by atoms with Crippen molar-refractivity contribution in [3.63, 3.8) is 0 Å². The van der Waals surface area contributed by atoms with Gasteiger partial charge in [-0.3, -0.25) is 9.98 Å². The molecule has 0 spiro atoms. The van der Waals surface area contributed by atoms with E-state index in [9.17, 15) is 5.11 Å². The number of nitrogens with one attached hydrogen (secondary N) is 2. The van der Waals surface area contributed by atoms with Crippen LogP contribution in [0.2, 0.25) is 10.0 Å². The van der Waals surface area contributed by atoms with Crippen LogP contribution in [0.25, 0.3) is 21.8 Å². The summed E-state index contributed by atoms with van der Waals surface area (Å²) in [6.45, 7) is 1.40. The minimum Gasteiger partial charge on any atom is -0.494 e. The molecular weight excluding hydrogens is 395 g/mol. The predicted octanol–water partition coefficient (Wildman–Crippen LogP) is 5.65. The SMILES string of the molecule is Oc1[nH]c2ccc(Cl)cc2c1C=NCCCNc1ccnc2cc(Cl)ccc12. The maximum Gasteiger partial charge on any atom is 0.198 e. The molecule has 0 aliphatic carbocycles.